The lowest BCUT2D eigenvalue weighted by Crippen LogP contribution is -2.39. The number of Topliss-reactive ketones (excluding diaryl/α,β-unsaturated/α-hetero) is 1. The third-order valence-electron chi connectivity index (χ3n) is 3.47. The van der Waals surface area contributed by atoms with Crippen LogP contribution in [-0.4, -0.2) is 5.78 Å². The third kappa shape index (κ3) is 1.03. The molecule has 0 aromatic rings. The van der Waals surface area contributed by atoms with Gasteiger partial charge in [0.05, 0.1) is 0 Å². The molecule has 0 saturated heterocycles. The zero-order chi connectivity index (χ0) is 8.60. The van der Waals surface area contributed by atoms with E-state index in [0.29, 0.717) is 5.78 Å². The Morgan fingerprint density at radius 3 is 2.58 bits per heavy atom. The van der Waals surface area contributed by atoms with Crippen molar-refractivity contribution < 1.29 is 4.79 Å². The molecule has 0 amide bonds. The molecule has 0 aromatic heterocycles. The van der Waals surface area contributed by atoms with Gasteiger partial charge in [0.15, 0.2) is 0 Å². The molecule has 1 fully saturated rings. The second-order valence-electron chi connectivity index (χ2n) is 4.23. The van der Waals surface area contributed by atoms with Crippen LogP contribution in [0.4, 0.5) is 0 Å². The number of carbonyl (C=O) groups is 1. The van der Waals surface area contributed by atoms with Crippen LogP contribution >= 0.6 is 0 Å². The maximum absolute atomic E-state index is 11.4. The first-order valence-corrected chi connectivity index (χ1v) is 4.96. The van der Waals surface area contributed by atoms with Crippen molar-refractivity contribution in [1.82, 2.24) is 0 Å². The number of rotatable bonds is 1. The van der Waals surface area contributed by atoms with Gasteiger partial charge in [-0.1, -0.05) is 11.6 Å². The quantitative estimate of drug-likeness (QED) is 0.545. The zero-order valence-corrected chi connectivity index (χ0v) is 7.73. The van der Waals surface area contributed by atoms with E-state index in [0.717, 1.165) is 12.8 Å². The van der Waals surface area contributed by atoms with Gasteiger partial charge in [-0.05, 0) is 39.0 Å². The van der Waals surface area contributed by atoms with Crippen molar-refractivity contribution >= 4 is 5.78 Å². The van der Waals surface area contributed by atoms with Gasteiger partial charge in [0.2, 0.25) is 0 Å². The first kappa shape index (κ1) is 8.03. The van der Waals surface area contributed by atoms with E-state index >= 15 is 0 Å². The van der Waals surface area contributed by atoms with Crippen LogP contribution in [0.15, 0.2) is 11.6 Å². The average Bonchev–Trinajstić information content (AvgIpc) is 2.16. The lowest BCUT2D eigenvalue weighted by atomic mass is 9.62. The van der Waals surface area contributed by atoms with Crippen LogP contribution in [0.3, 0.4) is 0 Å². The van der Waals surface area contributed by atoms with E-state index in [-0.39, 0.29) is 5.41 Å². The number of allylic oxidation sites excluding steroid dienone is 2. The van der Waals surface area contributed by atoms with Gasteiger partial charge in [0.25, 0.3) is 0 Å². The lowest BCUT2D eigenvalue weighted by Gasteiger charge is -2.40. The maximum Gasteiger partial charge on any atom is 0.142 e. The lowest BCUT2D eigenvalue weighted by molar-refractivity contribution is -0.134. The maximum atomic E-state index is 11.4. The monoisotopic (exact) mass is 164 g/mol. The van der Waals surface area contributed by atoms with Crippen molar-refractivity contribution in [2.75, 3.05) is 0 Å². The summed E-state index contributed by atoms with van der Waals surface area (Å²) in [5, 5.41) is 0. The molecule has 1 atom stereocenters. The number of hydrogen-bond donors (Lipinski definition) is 0. The van der Waals surface area contributed by atoms with Crippen molar-refractivity contribution in [3.8, 4) is 0 Å². The predicted octanol–water partition coefficient (Wildman–Crippen LogP) is 2.86. The van der Waals surface area contributed by atoms with Gasteiger partial charge in [0, 0.05) is 11.8 Å². The van der Waals surface area contributed by atoms with Crippen LogP contribution in [0.2, 0.25) is 0 Å². The molecule has 1 heteroatoms. The van der Waals surface area contributed by atoms with Crippen LogP contribution in [0.5, 0.6) is 0 Å². The molecule has 66 valence electrons. The highest BCUT2D eigenvalue weighted by Crippen LogP contribution is 2.46. The van der Waals surface area contributed by atoms with E-state index in [1.807, 2.05) is 0 Å². The molecular weight excluding hydrogens is 148 g/mol. The van der Waals surface area contributed by atoms with E-state index in [4.69, 9.17) is 0 Å². The number of hydrogen-bond acceptors (Lipinski definition) is 1. The minimum absolute atomic E-state index is 0.0274. The smallest absolute Gasteiger partial charge is 0.142 e. The zero-order valence-electron chi connectivity index (χ0n) is 7.73. The summed E-state index contributed by atoms with van der Waals surface area (Å²) in [5.41, 5.74) is 1.41. The van der Waals surface area contributed by atoms with E-state index in [2.05, 4.69) is 13.0 Å². The predicted molar refractivity (Wildman–Crippen MR) is 48.9 cm³/mol. The molecule has 1 unspecified atom stereocenters. The second kappa shape index (κ2) is 2.72. The molecule has 2 aliphatic rings. The number of carbonyl (C=O) groups excluding carboxylic acids is 1. The summed E-state index contributed by atoms with van der Waals surface area (Å²) >= 11 is 0. The summed E-state index contributed by atoms with van der Waals surface area (Å²) < 4.78 is 0. The van der Waals surface area contributed by atoms with Crippen molar-refractivity contribution in [1.29, 1.82) is 0 Å². The Kier molecular flexibility index (Phi) is 1.82. The fraction of sp³-hybridized carbons (Fsp3) is 0.727. The topological polar surface area (TPSA) is 17.1 Å². The summed E-state index contributed by atoms with van der Waals surface area (Å²) in [6, 6.07) is 0. The van der Waals surface area contributed by atoms with Crippen molar-refractivity contribution in [2.24, 2.45) is 5.41 Å². The van der Waals surface area contributed by atoms with Crippen molar-refractivity contribution in [3.63, 3.8) is 0 Å². The Labute approximate surface area is 73.8 Å². The Bertz CT molecular complexity index is 239. The van der Waals surface area contributed by atoms with Gasteiger partial charge in [-0.2, -0.15) is 0 Å². The van der Waals surface area contributed by atoms with Crippen molar-refractivity contribution in [3.05, 3.63) is 11.6 Å². The van der Waals surface area contributed by atoms with Crippen molar-refractivity contribution in [2.45, 2.75) is 45.4 Å². The second-order valence-corrected chi connectivity index (χ2v) is 4.23. The van der Waals surface area contributed by atoms with Gasteiger partial charge in [0.1, 0.15) is 5.78 Å². The average molecular weight is 164 g/mol. The van der Waals surface area contributed by atoms with Gasteiger partial charge in [-0.3, -0.25) is 4.79 Å². The van der Waals surface area contributed by atoms with Gasteiger partial charge in [-0.15, -0.1) is 0 Å². The first-order valence-electron chi connectivity index (χ1n) is 4.96. The molecule has 0 radical (unpaired) electrons. The Hall–Kier alpha value is -0.590. The van der Waals surface area contributed by atoms with Gasteiger partial charge in [-0.25, -0.2) is 0 Å². The largest absolute Gasteiger partial charge is 0.299 e. The van der Waals surface area contributed by atoms with Gasteiger partial charge < -0.3 is 0 Å². The molecule has 0 spiro atoms. The first-order chi connectivity index (χ1) is 5.73. The fourth-order valence-corrected chi connectivity index (χ4v) is 2.28. The molecule has 2 aliphatic carbocycles. The SMILES string of the molecule is CC1(C2=CCCCC2)CCC1=O. The fourth-order valence-electron chi connectivity index (χ4n) is 2.28. The Morgan fingerprint density at radius 2 is 2.17 bits per heavy atom. The highest BCUT2D eigenvalue weighted by Gasteiger charge is 2.43. The van der Waals surface area contributed by atoms with E-state index in [1.165, 1.54) is 31.3 Å². The van der Waals surface area contributed by atoms with Gasteiger partial charge >= 0.3 is 0 Å². The summed E-state index contributed by atoms with van der Waals surface area (Å²) in [5.74, 6) is 0.468. The number of ketones is 1. The normalized spacial score (nSPS) is 35.8. The molecule has 1 nitrogen and oxygen atoms in total. The summed E-state index contributed by atoms with van der Waals surface area (Å²) in [6.07, 6.45) is 9.18. The van der Waals surface area contributed by atoms with Crippen LogP contribution in [0, 0.1) is 5.41 Å². The van der Waals surface area contributed by atoms with E-state index in [1.54, 1.807) is 0 Å². The van der Waals surface area contributed by atoms with E-state index < -0.39 is 0 Å². The van der Waals surface area contributed by atoms with Crippen LogP contribution in [0.1, 0.15) is 45.4 Å². The Balaban J connectivity index is 2.17. The molecule has 0 heterocycles. The highest BCUT2D eigenvalue weighted by atomic mass is 16.1. The summed E-state index contributed by atoms with van der Waals surface area (Å²) in [7, 11) is 0. The summed E-state index contributed by atoms with van der Waals surface area (Å²) in [4.78, 5) is 11.4. The summed E-state index contributed by atoms with van der Waals surface area (Å²) in [6.45, 7) is 2.12. The molecule has 2 rings (SSSR count). The Morgan fingerprint density at radius 1 is 1.33 bits per heavy atom. The third-order valence-corrected chi connectivity index (χ3v) is 3.47. The highest BCUT2D eigenvalue weighted by molar-refractivity contribution is 5.93. The molecule has 1 saturated carbocycles. The minimum Gasteiger partial charge on any atom is -0.299 e. The molecule has 0 N–H and O–H groups in total. The molecular formula is C11H16O. The standard InChI is InChI=1S/C11H16O/c1-11(8-7-10(11)12)9-5-3-2-4-6-9/h5H,2-4,6-8H2,1H3. The molecule has 0 bridgehead atoms. The van der Waals surface area contributed by atoms with Crippen LogP contribution in [0.25, 0.3) is 0 Å². The van der Waals surface area contributed by atoms with Crippen LogP contribution in [-0.2, 0) is 4.79 Å². The van der Waals surface area contributed by atoms with E-state index in [9.17, 15) is 4.79 Å². The molecule has 0 aromatic carbocycles. The molecule has 12 heavy (non-hydrogen) atoms. The minimum atomic E-state index is -0.0274. The van der Waals surface area contributed by atoms with Crippen LogP contribution < -0.4 is 0 Å². The molecule has 0 aliphatic heterocycles.